The van der Waals surface area contributed by atoms with Crippen LogP contribution in [-0.2, 0) is 9.53 Å². The van der Waals surface area contributed by atoms with Crippen LogP contribution in [0.2, 0.25) is 0 Å². The molecule has 5 rings (SSSR count). The molecule has 0 aromatic heterocycles. The Morgan fingerprint density at radius 2 is 1.89 bits per heavy atom. The molecule has 0 aliphatic carbocycles. The number of carbonyl (C=O) groups is 1. The van der Waals surface area contributed by atoms with Gasteiger partial charge in [-0.05, 0) is 49.5 Å². The molecule has 5 heteroatoms. The summed E-state index contributed by atoms with van der Waals surface area (Å²) < 4.78 is 11.3. The Kier molecular flexibility index (Phi) is 5.30. The summed E-state index contributed by atoms with van der Waals surface area (Å²) in [5.41, 5.74) is 1.72. The first kappa shape index (κ1) is 17.9. The molecule has 2 bridgehead atoms. The number of ether oxygens (including phenoxy) is 2. The molecular formula is C22H26N2O3. The van der Waals surface area contributed by atoms with Crippen LogP contribution in [0.4, 0.5) is 5.69 Å². The Bertz CT molecular complexity index is 772. The molecule has 5 nitrogen and oxygen atoms in total. The molecule has 0 amide bonds. The number of hydrogen-bond donors (Lipinski definition) is 1. The molecular weight excluding hydrogens is 340 g/mol. The SMILES string of the molecule is COc1cccc(NC(C(=O)O[C@H]2CN3CCC2CC3)c2ccccc2)c1. The van der Waals surface area contributed by atoms with Crippen molar-refractivity contribution in [3.05, 3.63) is 60.2 Å². The van der Waals surface area contributed by atoms with Gasteiger partial charge in [0.15, 0.2) is 6.04 Å². The minimum atomic E-state index is -0.547. The van der Waals surface area contributed by atoms with E-state index in [4.69, 9.17) is 9.47 Å². The second-order valence-electron chi connectivity index (χ2n) is 7.33. The van der Waals surface area contributed by atoms with Gasteiger partial charge in [0.05, 0.1) is 7.11 Å². The van der Waals surface area contributed by atoms with Gasteiger partial charge in [-0.1, -0.05) is 36.4 Å². The van der Waals surface area contributed by atoms with Crippen molar-refractivity contribution in [2.24, 2.45) is 5.92 Å². The topological polar surface area (TPSA) is 50.8 Å². The zero-order valence-electron chi connectivity index (χ0n) is 15.6. The lowest BCUT2D eigenvalue weighted by molar-refractivity contribution is -0.159. The van der Waals surface area contributed by atoms with Crippen molar-refractivity contribution >= 4 is 11.7 Å². The summed E-state index contributed by atoms with van der Waals surface area (Å²) in [6, 6.07) is 16.8. The number of esters is 1. The highest BCUT2D eigenvalue weighted by Crippen LogP contribution is 2.31. The first-order chi connectivity index (χ1) is 13.2. The molecule has 1 unspecified atom stereocenters. The third-order valence-corrected chi connectivity index (χ3v) is 5.61. The van der Waals surface area contributed by atoms with E-state index in [9.17, 15) is 4.79 Å². The Morgan fingerprint density at radius 3 is 2.56 bits per heavy atom. The number of fused-ring (bicyclic) bond motifs is 3. The molecule has 142 valence electrons. The molecule has 0 spiro atoms. The highest BCUT2D eigenvalue weighted by atomic mass is 16.5. The Labute approximate surface area is 160 Å². The van der Waals surface area contributed by atoms with Crippen LogP contribution in [-0.4, -0.2) is 43.7 Å². The number of methoxy groups -OCH3 is 1. The number of benzene rings is 2. The molecule has 2 aromatic carbocycles. The van der Waals surface area contributed by atoms with Crippen LogP contribution in [0, 0.1) is 5.92 Å². The van der Waals surface area contributed by atoms with Crippen molar-refractivity contribution in [2.45, 2.75) is 25.0 Å². The average Bonchev–Trinajstić information content (AvgIpc) is 2.73. The third-order valence-electron chi connectivity index (χ3n) is 5.61. The van der Waals surface area contributed by atoms with Crippen LogP contribution in [0.15, 0.2) is 54.6 Å². The van der Waals surface area contributed by atoms with Crippen molar-refractivity contribution in [2.75, 3.05) is 32.1 Å². The highest BCUT2D eigenvalue weighted by molar-refractivity contribution is 5.81. The fourth-order valence-corrected chi connectivity index (χ4v) is 4.06. The molecule has 27 heavy (non-hydrogen) atoms. The quantitative estimate of drug-likeness (QED) is 0.793. The van der Waals surface area contributed by atoms with Gasteiger partial charge < -0.3 is 14.8 Å². The normalized spacial score (nSPS) is 24.9. The maximum absolute atomic E-state index is 13.1. The second-order valence-corrected chi connectivity index (χ2v) is 7.33. The fraction of sp³-hybridized carbons (Fsp3) is 0.409. The average molecular weight is 366 g/mol. The lowest BCUT2D eigenvalue weighted by atomic mass is 9.86. The standard InChI is InChI=1S/C22H26N2O3/c1-26-19-9-5-8-18(14-19)23-21(17-6-3-2-4-7-17)22(25)27-20-15-24-12-10-16(20)11-13-24/h2-9,14,16,20-21,23H,10-13,15H2,1H3/t20-,21?/m0/s1. The first-order valence-electron chi connectivity index (χ1n) is 9.61. The molecule has 3 aliphatic rings. The van der Waals surface area contributed by atoms with Crippen LogP contribution in [0.25, 0.3) is 0 Å². The summed E-state index contributed by atoms with van der Waals surface area (Å²) in [4.78, 5) is 15.5. The van der Waals surface area contributed by atoms with E-state index in [1.165, 1.54) is 0 Å². The lowest BCUT2D eigenvalue weighted by Gasteiger charge is -2.44. The zero-order chi connectivity index (χ0) is 18.6. The summed E-state index contributed by atoms with van der Waals surface area (Å²) in [7, 11) is 1.63. The van der Waals surface area contributed by atoms with Crippen molar-refractivity contribution in [1.29, 1.82) is 0 Å². The van der Waals surface area contributed by atoms with Gasteiger partial charge in [0.25, 0.3) is 0 Å². The van der Waals surface area contributed by atoms with Crippen molar-refractivity contribution in [1.82, 2.24) is 4.90 Å². The maximum atomic E-state index is 13.1. The number of anilines is 1. The minimum Gasteiger partial charge on any atom is -0.497 e. The molecule has 3 fully saturated rings. The largest absolute Gasteiger partial charge is 0.497 e. The summed E-state index contributed by atoms with van der Waals surface area (Å²) in [5, 5.41) is 3.34. The second kappa shape index (κ2) is 8.01. The van der Waals surface area contributed by atoms with Gasteiger partial charge in [-0.2, -0.15) is 0 Å². The number of nitrogens with zero attached hydrogens (tertiary/aromatic N) is 1. The Balaban J connectivity index is 1.53. The van der Waals surface area contributed by atoms with Gasteiger partial charge >= 0.3 is 5.97 Å². The Hall–Kier alpha value is -2.53. The van der Waals surface area contributed by atoms with Crippen molar-refractivity contribution in [3.63, 3.8) is 0 Å². The molecule has 0 radical (unpaired) electrons. The van der Waals surface area contributed by atoms with E-state index in [2.05, 4.69) is 10.2 Å². The van der Waals surface area contributed by atoms with Crippen molar-refractivity contribution in [3.8, 4) is 5.75 Å². The number of hydrogen-bond acceptors (Lipinski definition) is 5. The summed E-state index contributed by atoms with van der Waals surface area (Å²) >= 11 is 0. The van der Waals surface area contributed by atoms with Crippen LogP contribution in [0.3, 0.4) is 0 Å². The van der Waals surface area contributed by atoms with Gasteiger partial charge in [-0.25, -0.2) is 4.79 Å². The first-order valence-corrected chi connectivity index (χ1v) is 9.61. The molecule has 3 saturated heterocycles. The van der Waals surface area contributed by atoms with E-state index < -0.39 is 6.04 Å². The number of carbonyl (C=O) groups excluding carboxylic acids is 1. The van der Waals surface area contributed by atoms with E-state index in [1.54, 1.807) is 7.11 Å². The molecule has 2 aromatic rings. The van der Waals surface area contributed by atoms with Gasteiger partial charge in [0, 0.05) is 18.3 Å². The number of rotatable bonds is 6. The smallest absolute Gasteiger partial charge is 0.333 e. The molecule has 3 aliphatic heterocycles. The Morgan fingerprint density at radius 1 is 1.11 bits per heavy atom. The molecule has 2 atom stereocenters. The predicted molar refractivity (Wildman–Crippen MR) is 105 cm³/mol. The zero-order valence-corrected chi connectivity index (χ0v) is 15.6. The summed E-state index contributed by atoms with van der Waals surface area (Å²) in [6.45, 7) is 3.11. The van der Waals surface area contributed by atoms with E-state index in [-0.39, 0.29) is 12.1 Å². The van der Waals surface area contributed by atoms with Gasteiger partial charge in [0.2, 0.25) is 0 Å². The predicted octanol–water partition coefficient (Wildman–Crippen LogP) is 3.49. The fourth-order valence-electron chi connectivity index (χ4n) is 4.06. The van der Waals surface area contributed by atoms with Crippen LogP contribution >= 0.6 is 0 Å². The number of piperidine rings is 3. The van der Waals surface area contributed by atoms with Gasteiger partial charge in [-0.3, -0.25) is 4.90 Å². The van der Waals surface area contributed by atoms with E-state index in [1.807, 2.05) is 54.6 Å². The lowest BCUT2D eigenvalue weighted by Crippen LogP contribution is -2.52. The summed E-state index contributed by atoms with van der Waals surface area (Å²) in [6.07, 6.45) is 2.24. The maximum Gasteiger partial charge on any atom is 0.333 e. The highest BCUT2D eigenvalue weighted by Gasteiger charge is 2.37. The van der Waals surface area contributed by atoms with Crippen LogP contribution in [0.5, 0.6) is 5.75 Å². The van der Waals surface area contributed by atoms with E-state index in [0.29, 0.717) is 5.92 Å². The minimum absolute atomic E-state index is 0.00155. The van der Waals surface area contributed by atoms with Crippen LogP contribution in [0.1, 0.15) is 24.4 Å². The molecule has 0 saturated carbocycles. The van der Waals surface area contributed by atoms with E-state index in [0.717, 1.165) is 49.5 Å². The van der Waals surface area contributed by atoms with Crippen molar-refractivity contribution < 1.29 is 14.3 Å². The van der Waals surface area contributed by atoms with Crippen LogP contribution < -0.4 is 10.1 Å². The molecule has 3 heterocycles. The van der Waals surface area contributed by atoms with Gasteiger partial charge in [-0.15, -0.1) is 0 Å². The monoisotopic (exact) mass is 366 g/mol. The molecule has 1 N–H and O–H groups in total. The third kappa shape index (κ3) is 4.08. The van der Waals surface area contributed by atoms with E-state index >= 15 is 0 Å². The summed E-state index contributed by atoms with van der Waals surface area (Å²) in [5.74, 6) is 1.02. The van der Waals surface area contributed by atoms with Gasteiger partial charge in [0.1, 0.15) is 11.9 Å². The number of nitrogens with one attached hydrogen (secondary N) is 1.